The van der Waals surface area contributed by atoms with Gasteiger partial charge in [-0.1, -0.05) is 19.8 Å². The molecule has 1 heterocycles. The Labute approximate surface area is 73.4 Å². The largest absolute Gasteiger partial charge is 0.480 e. The van der Waals surface area contributed by atoms with E-state index < -0.39 is 5.97 Å². The number of nitrogens with zero attached hydrogens (tertiary/aromatic N) is 1. The smallest absolute Gasteiger partial charge is 0.320 e. The molecule has 1 unspecified atom stereocenters. The van der Waals surface area contributed by atoms with Gasteiger partial charge in [0.1, 0.15) is 6.04 Å². The van der Waals surface area contributed by atoms with E-state index in [2.05, 4.69) is 4.90 Å². The highest BCUT2D eigenvalue weighted by Crippen LogP contribution is 2.16. The Hall–Kier alpha value is -0.570. The van der Waals surface area contributed by atoms with E-state index in [-0.39, 0.29) is 6.04 Å². The molecule has 3 nitrogen and oxygen atoms in total. The molecule has 0 aromatic carbocycles. The van der Waals surface area contributed by atoms with Crippen LogP contribution in [0.1, 0.15) is 32.6 Å². The van der Waals surface area contributed by atoms with Gasteiger partial charge in [-0.25, -0.2) is 0 Å². The van der Waals surface area contributed by atoms with Gasteiger partial charge in [0.05, 0.1) is 0 Å². The average Bonchev–Trinajstić information content (AvgIpc) is 2.27. The summed E-state index contributed by atoms with van der Waals surface area (Å²) >= 11 is 0. The fourth-order valence-corrected chi connectivity index (χ4v) is 1.83. The van der Waals surface area contributed by atoms with Crippen LogP contribution in [0.2, 0.25) is 0 Å². The summed E-state index contributed by atoms with van der Waals surface area (Å²) in [5.74, 6) is -0.654. The van der Waals surface area contributed by atoms with Crippen LogP contribution in [0.15, 0.2) is 0 Å². The van der Waals surface area contributed by atoms with Crippen molar-refractivity contribution in [3.8, 4) is 0 Å². The number of carboxylic acid groups (broad SMARTS) is 1. The Balaban J connectivity index is 2.57. The second-order valence-electron chi connectivity index (χ2n) is 3.33. The van der Waals surface area contributed by atoms with Crippen molar-refractivity contribution >= 4 is 5.97 Å². The number of likely N-dealkylation sites (N-methyl/N-ethyl adjacent to an activating group) is 1. The molecule has 0 bridgehead atoms. The van der Waals surface area contributed by atoms with Gasteiger partial charge in [0, 0.05) is 0 Å². The molecular weight excluding hydrogens is 154 g/mol. The summed E-state index contributed by atoms with van der Waals surface area (Å²) in [5, 5.41) is 8.92. The van der Waals surface area contributed by atoms with Gasteiger partial charge in [0.2, 0.25) is 0 Å². The summed E-state index contributed by atoms with van der Waals surface area (Å²) in [5.41, 5.74) is 0. The third-order valence-corrected chi connectivity index (χ3v) is 2.55. The monoisotopic (exact) mass is 171 g/mol. The topological polar surface area (TPSA) is 40.5 Å². The summed E-state index contributed by atoms with van der Waals surface area (Å²) < 4.78 is 0. The fraction of sp³-hybridized carbons (Fsp3) is 0.889. The Morgan fingerprint density at radius 3 is 2.83 bits per heavy atom. The molecule has 0 aromatic heterocycles. The summed E-state index contributed by atoms with van der Waals surface area (Å²) in [6.07, 6.45) is 4.22. The summed E-state index contributed by atoms with van der Waals surface area (Å²) in [7, 11) is 0. The van der Waals surface area contributed by atoms with E-state index in [0.717, 1.165) is 32.4 Å². The lowest BCUT2D eigenvalue weighted by Gasteiger charge is -2.24. The van der Waals surface area contributed by atoms with Gasteiger partial charge in [0.25, 0.3) is 0 Å². The van der Waals surface area contributed by atoms with Crippen molar-refractivity contribution in [1.82, 2.24) is 4.90 Å². The van der Waals surface area contributed by atoms with Gasteiger partial charge in [0.15, 0.2) is 0 Å². The van der Waals surface area contributed by atoms with Crippen LogP contribution < -0.4 is 0 Å². The second kappa shape index (κ2) is 4.45. The maximum atomic E-state index is 10.8. The minimum absolute atomic E-state index is 0.225. The standard InChI is InChI=1S/C9H17NO2/c1-2-10-7-5-3-4-6-8(10)9(11)12/h8H,2-7H2,1H3,(H,11,12). The van der Waals surface area contributed by atoms with Crippen molar-refractivity contribution in [2.24, 2.45) is 0 Å². The maximum Gasteiger partial charge on any atom is 0.320 e. The molecule has 0 aliphatic carbocycles. The van der Waals surface area contributed by atoms with Crippen molar-refractivity contribution < 1.29 is 9.90 Å². The number of carboxylic acids is 1. The average molecular weight is 171 g/mol. The van der Waals surface area contributed by atoms with E-state index in [1.54, 1.807) is 0 Å². The molecule has 0 spiro atoms. The van der Waals surface area contributed by atoms with Crippen LogP contribution in [0.3, 0.4) is 0 Å². The molecular formula is C9H17NO2. The molecule has 1 aliphatic rings. The van der Waals surface area contributed by atoms with Gasteiger partial charge < -0.3 is 5.11 Å². The first-order chi connectivity index (χ1) is 5.75. The van der Waals surface area contributed by atoms with Crippen LogP contribution in [0.5, 0.6) is 0 Å². The summed E-state index contributed by atoms with van der Waals surface area (Å²) in [6.45, 7) is 3.84. The first kappa shape index (κ1) is 9.52. The highest BCUT2D eigenvalue weighted by Gasteiger charge is 2.25. The van der Waals surface area contributed by atoms with Crippen molar-refractivity contribution in [3.63, 3.8) is 0 Å². The zero-order valence-corrected chi connectivity index (χ0v) is 7.62. The Morgan fingerprint density at radius 2 is 2.25 bits per heavy atom. The third kappa shape index (κ3) is 2.21. The van der Waals surface area contributed by atoms with Gasteiger partial charge in [-0.3, -0.25) is 9.69 Å². The number of hydrogen-bond donors (Lipinski definition) is 1. The van der Waals surface area contributed by atoms with E-state index in [1.807, 2.05) is 6.92 Å². The highest BCUT2D eigenvalue weighted by molar-refractivity contribution is 5.73. The van der Waals surface area contributed by atoms with Crippen LogP contribution in [0, 0.1) is 0 Å². The molecule has 70 valence electrons. The fourth-order valence-electron chi connectivity index (χ4n) is 1.83. The minimum Gasteiger partial charge on any atom is -0.480 e. The Kier molecular flexibility index (Phi) is 3.53. The van der Waals surface area contributed by atoms with Gasteiger partial charge in [-0.15, -0.1) is 0 Å². The zero-order valence-electron chi connectivity index (χ0n) is 7.62. The molecule has 1 N–H and O–H groups in total. The number of rotatable bonds is 2. The summed E-state index contributed by atoms with van der Waals surface area (Å²) in [4.78, 5) is 12.9. The Morgan fingerprint density at radius 1 is 1.50 bits per heavy atom. The lowest BCUT2D eigenvalue weighted by Crippen LogP contribution is -2.40. The first-order valence-corrected chi connectivity index (χ1v) is 4.72. The van der Waals surface area contributed by atoms with Crippen LogP contribution in [0.4, 0.5) is 0 Å². The van der Waals surface area contributed by atoms with Crippen molar-refractivity contribution in [2.45, 2.75) is 38.6 Å². The molecule has 0 saturated carbocycles. The Bertz CT molecular complexity index is 159. The van der Waals surface area contributed by atoms with Gasteiger partial charge in [-0.05, 0) is 25.9 Å². The van der Waals surface area contributed by atoms with E-state index in [1.165, 1.54) is 6.42 Å². The SMILES string of the molecule is CCN1CCCCCC1C(=O)O. The van der Waals surface area contributed by atoms with Gasteiger partial charge in [-0.2, -0.15) is 0 Å². The number of likely N-dealkylation sites (tertiary alicyclic amines) is 1. The molecule has 1 aliphatic heterocycles. The molecule has 1 atom stereocenters. The molecule has 1 saturated heterocycles. The molecule has 0 aromatic rings. The lowest BCUT2D eigenvalue weighted by atomic mass is 10.1. The van der Waals surface area contributed by atoms with E-state index in [9.17, 15) is 4.79 Å². The highest BCUT2D eigenvalue weighted by atomic mass is 16.4. The molecule has 0 radical (unpaired) electrons. The number of hydrogen-bond acceptors (Lipinski definition) is 2. The van der Waals surface area contributed by atoms with Crippen LogP contribution in [-0.4, -0.2) is 35.1 Å². The van der Waals surface area contributed by atoms with Crippen LogP contribution in [-0.2, 0) is 4.79 Å². The van der Waals surface area contributed by atoms with E-state index in [0.29, 0.717) is 0 Å². The second-order valence-corrected chi connectivity index (χ2v) is 3.33. The molecule has 0 amide bonds. The maximum absolute atomic E-state index is 10.8. The molecule has 1 fully saturated rings. The first-order valence-electron chi connectivity index (χ1n) is 4.72. The van der Waals surface area contributed by atoms with Crippen LogP contribution >= 0.6 is 0 Å². The van der Waals surface area contributed by atoms with Crippen LogP contribution in [0.25, 0.3) is 0 Å². The summed E-state index contributed by atoms with van der Waals surface area (Å²) in [6, 6.07) is -0.225. The molecule has 12 heavy (non-hydrogen) atoms. The quantitative estimate of drug-likeness (QED) is 0.681. The molecule has 3 heteroatoms. The van der Waals surface area contributed by atoms with Crippen molar-refractivity contribution in [1.29, 1.82) is 0 Å². The van der Waals surface area contributed by atoms with Crippen molar-refractivity contribution in [3.05, 3.63) is 0 Å². The number of aliphatic carboxylic acids is 1. The molecule has 1 rings (SSSR count). The minimum atomic E-state index is -0.654. The predicted octanol–water partition coefficient (Wildman–Crippen LogP) is 1.34. The van der Waals surface area contributed by atoms with Gasteiger partial charge >= 0.3 is 5.97 Å². The van der Waals surface area contributed by atoms with E-state index in [4.69, 9.17) is 5.11 Å². The zero-order chi connectivity index (χ0) is 8.97. The van der Waals surface area contributed by atoms with Crippen molar-refractivity contribution in [2.75, 3.05) is 13.1 Å². The number of carbonyl (C=O) groups is 1. The predicted molar refractivity (Wildman–Crippen MR) is 47.1 cm³/mol. The normalized spacial score (nSPS) is 26.6. The van der Waals surface area contributed by atoms with E-state index >= 15 is 0 Å². The lowest BCUT2D eigenvalue weighted by molar-refractivity contribution is -0.143. The third-order valence-electron chi connectivity index (χ3n) is 2.55.